The van der Waals surface area contributed by atoms with E-state index in [1.807, 2.05) is 48.6 Å². The molecule has 2 aliphatic carbocycles. The summed E-state index contributed by atoms with van der Waals surface area (Å²) in [4.78, 5) is 136. The van der Waals surface area contributed by atoms with E-state index in [4.69, 9.17) is 4.42 Å². The van der Waals surface area contributed by atoms with Crippen LogP contribution < -0.4 is 33.4 Å². The third-order valence-electron chi connectivity index (χ3n) is 22.8. The van der Waals surface area contributed by atoms with Crippen molar-refractivity contribution in [2.45, 2.75) is 120 Å². The number of aryl methyl sites for hydroxylation is 12. The fraction of sp³-hybridized carbons (Fsp3) is 0.176. The number of nitrogens with one attached hydrogen (secondary N) is 5. The highest BCUT2D eigenvalue weighted by molar-refractivity contribution is 5.81. The van der Waals surface area contributed by atoms with E-state index in [0.717, 1.165) is 46.4 Å². The molecule has 18 aromatic rings. The maximum atomic E-state index is 12.1. The number of pyridine rings is 4. The van der Waals surface area contributed by atoms with Crippen LogP contribution in [-0.2, 0) is 0 Å². The van der Waals surface area contributed by atoms with Crippen molar-refractivity contribution in [3.05, 3.63) is 405 Å². The van der Waals surface area contributed by atoms with Gasteiger partial charge in [0.25, 0.3) is 27.8 Å². The molecule has 0 bridgehead atoms. The summed E-state index contributed by atoms with van der Waals surface area (Å²) in [6, 6.07) is 48.1. The van der Waals surface area contributed by atoms with Crippen LogP contribution in [0.4, 0.5) is 0 Å². The first-order valence-corrected chi connectivity index (χ1v) is 41.7. The molecule has 636 valence electrons. The average molecular weight is 1690 g/mol. The molecular formula is C102H91N19O7. The Morgan fingerprint density at radius 1 is 0.305 bits per heavy atom. The quantitative estimate of drug-likeness (QED) is 0.0758. The molecule has 12 heterocycles. The lowest BCUT2D eigenvalue weighted by Gasteiger charge is -2.05. The van der Waals surface area contributed by atoms with Gasteiger partial charge in [-0.15, -0.1) is 5.10 Å². The normalized spacial score (nSPS) is 14.4. The lowest BCUT2D eigenvalue weighted by atomic mass is 10.0. The van der Waals surface area contributed by atoms with E-state index in [1.54, 1.807) is 104 Å². The first-order chi connectivity index (χ1) is 61.8. The van der Waals surface area contributed by atoms with Gasteiger partial charge in [0.15, 0.2) is 16.9 Å². The predicted octanol–water partition coefficient (Wildman–Crippen LogP) is 17.9. The summed E-state index contributed by atoms with van der Waals surface area (Å²) >= 11 is 0. The largest absolute Gasteiger partial charge is 0.408 e. The molecule has 0 radical (unpaired) electrons. The van der Waals surface area contributed by atoms with Gasteiger partial charge in [0, 0.05) is 49.0 Å². The minimum absolute atomic E-state index is 0.0983. The van der Waals surface area contributed by atoms with Crippen LogP contribution in [0, 0.1) is 83.1 Å². The summed E-state index contributed by atoms with van der Waals surface area (Å²) in [6.07, 6.45) is 32.4. The Labute approximate surface area is 734 Å². The van der Waals surface area contributed by atoms with E-state index in [9.17, 15) is 28.8 Å². The molecule has 0 saturated heterocycles. The Morgan fingerprint density at radius 2 is 0.711 bits per heavy atom. The second-order valence-electron chi connectivity index (χ2n) is 32.0. The van der Waals surface area contributed by atoms with Crippen LogP contribution >= 0.6 is 0 Å². The Balaban J connectivity index is 0.000000118. The summed E-state index contributed by atoms with van der Waals surface area (Å²) in [5.41, 5.74) is 24.0. The van der Waals surface area contributed by atoms with E-state index in [2.05, 4.69) is 263 Å². The Hall–Kier alpha value is -16.1. The van der Waals surface area contributed by atoms with Gasteiger partial charge < -0.3 is 29.3 Å². The molecule has 4 unspecified atom stereocenters. The van der Waals surface area contributed by atoms with Gasteiger partial charge >= 0.3 is 5.63 Å². The molecule has 6 aromatic carbocycles. The Bertz CT molecular complexity index is 7040. The summed E-state index contributed by atoms with van der Waals surface area (Å²) in [6.45, 7) is 25.1. The van der Waals surface area contributed by atoms with Crippen molar-refractivity contribution >= 4 is 114 Å². The van der Waals surface area contributed by atoms with E-state index in [-0.39, 0.29) is 39.3 Å². The van der Waals surface area contributed by atoms with Gasteiger partial charge in [-0.2, -0.15) is 5.10 Å². The Morgan fingerprint density at radius 3 is 1.23 bits per heavy atom. The number of hydrogen-bond donors (Lipinski definition) is 5. The fourth-order valence-electron chi connectivity index (χ4n) is 14.3. The van der Waals surface area contributed by atoms with Crippen LogP contribution in [0.5, 0.6) is 0 Å². The molecule has 0 spiro atoms. The summed E-state index contributed by atoms with van der Waals surface area (Å²) in [5, 5.41) is 10.5. The molecule has 12 aromatic heterocycles. The fourth-order valence-corrected chi connectivity index (χ4v) is 14.3. The zero-order chi connectivity index (χ0) is 89.8. The number of hydrogen-bond acceptors (Lipinski definition) is 21. The van der Waals surface area contributed by atoms with Crippen LogP contribution in [0.1, 0.15) is 172 Å². The highest BCUT2D eigenvalue weighted by Gasteiger charge is 2.44. The third kappa shape index (κ3) is 21.2. The zero-order valence-corrected chi connectivity index (χ0v) is 72.6. The molecule has 20 rings (SSSR count). The van der Waals surface area contributed by atoms with Gasteiger partial charge in [0.05, 0.1) is 62.1 Å². The van der Waals surface area contributed by atoms with Crippen molar-refractivity contribution < 1.29 is 4.42 Å². The second-order valence-corrected chi connectivity index (χ2v) is 32.0. The van der Waals surface area contributed by atoms with E-state index in [0.29, 0.717) is 107 Å². The standard InChI is InChI=1S/C18H17N3O.C18H16N2O2.2C17H15N3O.2C16H14N4O/c1-10-3-4-12(7-11(10)2)13-8-14(13)17-20-16-5-6-19-9-15(16)18(22)21-17;1-10-3-4-12(7-11(10)2)14-8-15(14)17-20-16-9-19-6-5-13(16)18(21)22-17;1-11-3-4-13(9-12(11)2)5-6-16-19-15-10-18-8-7-14(15)17(21)20-16;1-11-5-6-13(10-12(11)2)7-8-15-19-16-14(17(21)20-15)4-3-9-18-16;1-10-3-4-12(7-11(10)2)5-6-14-19-15-13(16(21)20-14)8-17-9-18-15;1-10-3-4-12(9-11(10)2)5-6-14-18-15-13(16(21)19-14)7-8-17-20-15/h3-7,9,13-14H,8H2,1-2H3,(H,20,21,22);3-7,9,14-15H,8H2,1-2H3;3-10H,1-2H3,(H,19,20,21);3-10H,1-2H3,(H,18,19,20,21);3-9H,1-2H3,(H,17,18,19,20,21);3-9H,1-2H3,(H,18,19,20,21)/b;;6-5+;8-7+;2*6-5+. The van der Waals surface area contributed by atoms with Crippen LogP contribution in [-0.4, -0.2) is 94.9 Å². The number of nitrogens with zero attached hydrogens (tertiary/aromatic N) is 14. The van der Waals surface area contributed by atoms with Crippen LogP contribution in [0.25, 0.3) is 114 Å². The second kappa shape index (κ2) is 38.7. The monoisotopic (exact) mass is 1690 g/mol. The molecule has 2 saturated carbocycles. The zero-order valence-electron chi connectivity index (χ0n) is 72.6. The van der Waals surface area contributed by atoms with Crippen LogP contribution in [0.15, 0.2) is 241 Å². The molecule has 0 amide bonds. The van der Waals surface area contributed by atoms with Gasteiger partial charge in [0.1, 0.15) is 40.8 Å². The summed E-state index contributed by atoms with van der Waals surface area (Å²) < 4.78 is 5.43. The third-order valence-corrected chi connectivity index (χ3v) is 22.8. The van der Waals surface area contributed by atoms with E-state index in [1.165, 1.54) is 96.6 Å². The van der Waals surface area contributed by atoms with E-state index < -0.39 is 0 Å². The van der Waals surface area contributed by atoms with Crippen molar-refractivity contribution in [2.24, 2.45) is 0 Å². The molecule has 26 heteroatoms. The van der Waals surface area contributed by atoms with Gasteiger partial charge in [-0.1, -0.05) is 133 Å². The molecule has 0 aliphatic heterocycles. The number of aromatic nitrogens is 19. The van der Waals surface area contributed by atoms with Crippen LogP contribution in [0.3, 0.4) is 0 Å². The van der Waals surface area contributed by atoms with Crippen molar-refractivity contribution in [1.82, 2.24) is 94.9 Å². The highest BCUT2D eigenvalue weighted by atomic mass is 16.4. The predicted molar refractivity (Wildman–Crippen MR) is 506 cm³/mol. The molecule has 5 N–H and O–H groups in total. The van der Waals surface area contributed by atoms with E-state index >= 15 is 0 Å². The summed E-state index contributed by atoms with van der Waals surface area (Å²) in [7, 11) is 0. The topological polar surface area (TPSA) is 375 Å². The highest BCUT2D eigenvalue weighted by Crippen LogP contribution is 2.55. The molecule has 128 heavy (non-hydrogen) atoms. The molecule has 26 nitrogen and oxygen atoms in total. The van der Waals surface area contributed by atoms with Gasteiger partial charge in [-0.3, -0.25) is 38.9 Å². The SMILES string of the molecule is Cc1ccc(/C=C/c2nc3cnccc3c(=O)[nH]2)cc1C.Cc1ccc(/C=C/c2nc3ncccc3c(=O)[nH]2)cc1C.Cc1ccc(/C=C/c2nc3ncncc3c(=O)[nH]2)cc1C.Cc1ccc(/C=C/c2nc3nnccc3c(=O)[nH]2)cc1C.Cc1ccc(C2CC2c2nc3ccncc3c(=O)[nH]2)cc1C.Cc1ccc(C2CC2c2nc3cnccc3c(=O)o2)cc1C. The minimum atomic E-state index is -0.326. The number of benzene rings is 6. The molecule has 2 aliphatic rings. The number of aromatic amines is 5. The first-order valence-electron chi connectivity index (χ1n) is 41.7. The lowest BCUT2D eigenvalue weighted by Crippen LogP contribution is -2.11. The molecule has 2 fully saturated rings. The van der Waals surface area contributed by atoms with Crippen molar-refractivity contribution in [2.75, 3.05) is 0 Å². The van der Waals surface area contributed by atoms with Crippen molar-refractivity contribution in [3.63, 3.8) is 0 Å². The number of rotatable bonds is 12. The minimum Gasteiger partial charge on any atom is -0.408 e. The number of fused-ring (bicyclic) bond motifs is 6. The lowest BCUT2D eigenvalue weighted by molar-refractivity contribution is 0.444. The van der Waals surface area contributed by atoms with Crippen molar-refractivity contribution in [1.29, 1.82) is 0 Å². The Kier molecular flexibility index (Phi) is 26.3. The molecular weight excluding hydrogens is 1600 g/mol. The van der Waals surface area contributed by atoms with Gasteiger partial charge in [-0.05, 0) is 269 Å². The van der Waals surface area contributed by atoms with Gasteiger partial charge in [0.2, 0.25) is 5.89 Å². The number of H-pyrrole nitrogens is 5. The van der Waals surface area contributed by atoms with Crippen LogP contribution in [0.2, 0.25) is 0 Å². The van der Waals surface area contributed by atoms with Gasteiger partial charge in [-0.25, -0.2) is 49.7 Å². The average Bonchev–Trinajstić information content (AvgIpc) is 1.61. The maximum Gasteiger partial charge on any atom is 0.346 e. The molecule has 4 atom stereocenters. The maximum absolute atomic E-state index is 12.1. The van der Waals surface area contributed by atoms with Crippen molar-refractivity contribution in [3.8, 4) is 0 Å². The smallest absolute Gasteiger partial charge is 0.346 e. The first kappa shape index (κ1) is 86.8. The summed E-state index contributed by atoms with van der Waals surface area (Å²) in [5.74, 6) is 4.66.